The lowest BCUT2D eigenvalue weighted by atomic mass is 9.83. The summed E-state index contributed by atoms with van der Waals surface area (Å²) < 4.78 is 1.78. The van der Waals surface area contributed by atoms with Crippen LogP contribution in [0.4, 0.5) is 5.69 Å². The van der Waals surface area contributed by atoms with E-state index in [9.17, 15) is 14.4 Å². The standard InChI is InChI=1S/C25H23N3O3/c29-23(18-7-3-1-4-8-18)26-21-11-12-22-20-13-17(15-28(22)25(21)31)14-27(16-20)24(30)19-9-5-2-6-10-19/h1-12,17,20H,13-16H2,(H,26,29). The highest BCUT2D eigenvalue weighted by molar-refractivity contribution is 6.04. The summed E-state index contributed by atoms with van der Waals surface area (Å²) >= 11 is 0. The van der Waals surface area contributed by atoms with Crippen LogP contribution in [-0.4, -0.2) is 34.4 Å². The second-order valence-corrected chi connectivity index (χ2v) is 8.28. The third-order valence-corrected chi connectivity index (χ3v) is 6.20. The van der Waals surface area contributed by atoms with E-state index in [4.69, 9.17) is 0 Å². The number of benzene rings is 2. The van der Waals surface area contributed by atoms with Crippen molar-refractivity contribution in [3.8, 4) is 0 Å². The predicted octanol–water partition coefficient (Wildman–Crippen LogP) is 3.36. The Morgan fingerprint density at radius 3 is 2.19 bits per heavy atom. The number of rotatable bonds is 3. The normalized spacial score (nSPS) is 19.4. The maximum absolute atomic E-state index is 13.1. The van der Waals surface area contributed by atoms with E-state index in [2.05, 4.69) is 5.32 Å². The quantitative estimate of drug-likeness (QED) is 0.716. The van der Waals surface area contributed by atoms with Crippen LogP contribution in [0.25, 0.3) is 0 Å². The zero-order valence-corrected chi connectivity index (χ0v) is 17.0. The molecule has 2 aliphatic heterocycles. The lowest BCUT2D eigenvalue weighted by molar-refractivity contribution is 0.0594. The van der Waals surface area contributed by atoms with Crippen molar-refractivity contribution >= 4 is 17.5 Å². The molecule has 0 spiro atoms. The number of likely N-dealkylation sites (tertiary alicyclic amines) is 1. The summed E-state index contributed by atoms with van der Waals surface area (Å²) in [6, 6.07) is 21.8. The number of amides is 2. The Labute approximate surface area is 180 Å². The fraction of sp³-hybridized carbons (Fsp3) is 0.240. The average Bonchev–Trinajstić information content (AvgIpc) is 2.81. The number of anilines is 1. The largest absolute Gasteiger partial charge is 0.338 e. The van der Waals surface area contributed by atoms with Crippen LogP contribution in [0.3, 0.4) is 0 Å². The number of nitrogens with one attached hydrogen (secondary N) is 1. The summed E-state index contributed by atoms with van der Waals surface area (Å²) in [7, 11) is 0. The molecule has 3 heterocycles. The van der Waals surface area contributed by atoms with Crippen molar-refractivity contribution in [1.82, 2.24) is 9.47 Å². The Morgan fingerprint density at radius 1 is 0.806 bits per heavy atom. The molecule has 156 valence electrons. The molecule has 1 N–H and O–H groups in total. The van der Waals surface area contributed by atoms with Gasteiger partial charge in [0.05, 0.1) is 0 Å². The lowest BCUT2D eigenvalue weighted by Crippen LogP contribution is -2.49. The van der Waals surface area contributed by atoms with E-state index < -0.39 is 0 Å². The van der Waals surface area contributed by atoms with Crippen LogP contribution in [-0.2, 0) is 6.54 Å². The minimum atomic E-state index is -0.297. The van der Waals surface area contributed by atoms with Gasteiger partial charge >= 0.3 is 0 Å². The van der Waals surface area contributed by atoms with Crippen molar-refractivity contribution in [1.29, 1.82) is 0 Å². The Hall–Kier alpha value is -3.67. The first-order chi connectivity index (χ1) is 15.1. The predicted molar refractivity (Wildman–Crippen MR) is 118 cm³/mol. The molecule has 2 aliphatic rings. The van der Waals surface area contributed by atoms with Gasteiger partial charge in [-0.25, -0.2) is 0 Å². The zero-order chi connectivity index (χ0) is 21.4. The van der Waals surface area contributed by atoms with Gasteiger partial charge in [-0.15, -0.1) is 0 Å². The molecule has 2 bridgehead atoms. The average molecular weight is 413 g/mol. The van der Waals surface area contributed by atoms with Crippen molar-refractivity contribution in [3.05, 3.63) is 100.0 Å². The minimum absolute atomic E-state index is 0.0397. The number of piperidine rings is 1. The monoisotopic (exact) mass is 413 g/mol. The van der Waals surface area contributed by atoms with E-state index in [1.54, 1.807) is 34.9 Å². The van der Waals surface area contributed by atoms with Gasteiger partial charge in [0.2, 0.25) is 0 Å². The number of pyridine rings is 1. The van der Waals surface area contributed by atoms with Gasteiger partial charge in [0, 0.05) is 42.4 Å². The molecule has 3 aromatic rings. The van der Waals surface area contributed by atoms with Crippen LogP contribution in [0.5, 0.6) is 0 Å². The summed E-state index contributed by atoms with van der Waals surface area (Å²) in [5, 5.41) is 2.75. The van der Waals surface area contributed by atoms with Crippen LogP contribution >= 0.6 is 0 Å². The molecule has 0 radical (unpaired) electrons. The van der Waals surface area contributed by atoms with Gasteiger partial charge in [0.1, 0.15) is 5.69 Å². The van der Waals surface area contributed by atoms with E-state index in [0.717, 1.165) is 12.1 Å². The summed E-state index contributed by atoms with van der Waals surface area (Å²) in [5.41, 5.74) is 2.24. The van der Waals surface area contributed by atoms with Crippen LogP contribution in [0.1, 0.15) is 38.7 Å². The first-order valence-electron chi connectivity index (χ1n) is 10.5. The molecule has 0 saturated carbocycles. The van der Waals surface area contributed by atoms with Crippen molar-refractivity contribution < 1.29 is 9.59 Å². The third-order valence-electron chi connectivity index (χ3n) is 6.20. The molecule has 1 saturated heterocycles. The van der Waals surface area contributed by atoms with Crippen LogP contribution in [0.15, 0.2) is 77.6 Å². The fourth-order valence-corrected chi connectivity index (χ4v) is 4.75. The first kappa shape index (κ1) is 19.3. The Balaban J connectivity index is 1.39. The first-order valence-corrected chi connectivity index (χ1v) is 10.5. The Morgan fingerprint density at radius 2 is 1.48 bits per heavy atom. The van der Waals surface area contributed by atoms with Gasteiger partial charge < -0.3 is 14.8 Å². The Kier molecular flexibility index (Phi) is 4.90. The fourth-order valence-electron chi connectivity index (χ4n) is 4.75. The zero-order valence-electron chi connectivity index (χ0n) is 17.0. The molecular formula is C25H23N3O3. The maximum atomic E-state index is 13.1. The van der Waals surface area contributed by atoms with Crippen LogP contribution in [0.2, 0.25) is 0 Å². The third kappa shape index (κ3) is 3.65. The number of nitrogens with zero attached hydrogens (tertiary/aromatic N) is 2. The van der Waals surface area contributed by atoms with Crippen LogP contribution < -0.4 is 10.9 Å². The molecule has 0 aliphatic carbocycles. The van der Waals surface area contributed by atoms with Crippen molar-refractivity contribution in [2.24, 2.45) is 5.92 Å². The smallest absolute Gasteiger partial charge is 0.274 e. The molecule has 31 heavy (non-hydrogen) atoms. The molecule has 2 aromatic carbocycles. The van der Waals surface area contributed by atoms with E-state index in [1.807, 2.05) is 47.4 Å². The molecule has 2 atom stereocenters. The molecule has 5 rings (SSSR count). The second kappa shape index (κ2) is 7.87. The maximum Gasteiger partial charge on any atom is 0.274 e. The number of hydrogen-bond acceptors (Lipinski definition) is 3. The van der Waals surface area contributed by atoms with Crippen LogP contribution in [0, 0.1) is 5.92 Å². The van der Waals surface area contributed by atoms with Gasteiger partial charge in [0.25, 0.3) is 17.4 Å². The van der Waals surface area contributed by atoms with E-state index >= 15 is 0 Å². The SMILES string of the molecule is O=C(Nc1ccc2n(c1=O)CC1CC2CN(C(=O)c2ccccc2)C1)c1ccccc1. The number of carbonyl (C=O) groups excluding carboxylic acids is 2. The summed E-state index contributed by atoms with van der Waals surface area (Å²) in [5.74, 6) is 0.0788. The highest BCUT2D eigenvalue weighted by Gasteiger charge is 2.37. The molecular weight excluding hydrogens is 390 g/mol. The van der Waals surface area contributed by atoms with Gasteiger partial charge in [-0.3, -0.25) is 14.4 Å². The minimum Gasteiger partial charge on any atom is -0.338 e. The number of carbonyl (C=O) groups is 2. The second-order valence-electron chi connectivity index (χ2n) is 8.28. The number of aromatic nitrogens is 1. The van der Waals surface area contributed by atoms with Gasteiger partial charge in [-0.1, -0.05) is 36.4 Å². The molecule has 1 aromatic heterocycles. The Bertz CT molecular complexity index is 1190. The van der Waals surface area contributed by atoms with E-state index in [0.29, 0.717) is 30.8 Å². The topological polar surface area (TPSA) is 71.4 Å². The van der Waals surface area contributed by atoms with Gasteiger partial charge in [0.15, 0.2) is 0 Å². The molecule has 6 heteroatoms. The van der Waals surface area contributed by atoms with Crippen molar-refractivity contribution in [3.63, 3.8) is 0 Å². The molecule has 2 amide bonds. The highest BCUT2D eigenvalue weighted by Crippen LogP contribution is 2.36. The van der Waals surface area contributed by atoms with Gasteiger partial charge in [-0.2, -0.15) is 0 Å². The lowest BCUT2D eigenvalue weighted by Gasteiger charge is -2.43. The van der Waals surface area contributed by atoms with Crippen molar-refractivity contribution in [2.45, 2.75) is 18.9 Å². The summed E-state index contributed by atoms with van der Waals surface area (Å²) in [6.07, 6.45) is 0.966. The summed E-state index contributed by atoms with van der Waals surface area (Å²) in [6.45, 7) is 1.79. The molecule has 1 fully saturated rings. The number of hydrogen-bond donors (Lipinski definition) is 1. The number of fused-ring (bicyclic) bond motifs is 4. The van der Waals surface area contributed by atoms with E-state index in [1.165, 1.54) is 0 Å². The van der Waals surface area contributed by atoms with Crippen molar-refractivity contribution in [2.75, 3.05) is 18.4 Å². The highest BCUT2D eigenvalue weighted by atomic mass is 16.2. The molecule has 6 nitrogen and oxygen atoms in total. The van der Waals surface area contributed by atoms with E-state index in [-0.39, 0.29) is 34.9 Å². The van der Waals surface area contributed by atoms with Gasteiger partial charge in [-0.05, 0) is 48.7 Å². The summed E-state index contributed by atoms with van der Waals surface area (Å²) in [4.78, 5) is 40.4. The molecule has 2 unspecified atom stereocenters.